The molecule has 0 N–H and O–H groups in total. The van der Waals surface area contributed by atoms with Gasteiger partial charge in [0.25, 0.3) is 5.69 Å². The molecule has 0 aliphatic heterocycles. The van der Waals surface area contributed by atoms with Crippen LogP contribution in [0.3, 0.4) is 0 Å². The Hall–Kier alpha value is -2.74. The Balaban J connectivity index is 2.34. The molecule has 7 nitrogen and oxygen atoms in total. The summed E-state index contributed by atoms with van der Waals surface area (Å²) in [7, 11) is 0. The minimum Gasteiger partial charge on any atom is -0.867 e. The molecule has 22 heavy (non-hydrogen) atoms. The second-order valence-electron chi connectivity index (χ2n) is 4.19. The van der Waals surface area contributed by atoms with Crippen molar-refractivity contribution >= 4 is 39.5 Å². The topological polar surface area (TPSA) is 119 Å². The molecule has 0 saturated carbocycles. The highest BCUT2D eigenvalue weighted by atomic mass is 79.9. The molecule has 0 bridgehead atoms. The van der Waals surface area contributed by atoms with Crippen LogP contribution in [-0.2, 0) is 0 Å². The molecule has 0 saturated heterocycles. The summed E-state index contributed by atoms with van der Waals surface area (Å²) in [5, 5.41) is 33.3. The minimum atomic E-state index is -1.31. The molecular formula is C14H7BrN2O5-2. The highest BCUT2D eigenvalue weighted by Crippen LogP contribution is 2.30. The second-order valence-corrected chi connectivity index (χ2v) is 5.11. The van der Waals surface area contributed by atoms with Crippen LogP contribution in [0.2, 0.25) is 0 Å². The van der Waals surface area contributed by atoms with Crippen LogP contribution < -0.4 is 10.2 Å². The number of nitro benzene ring substituents is 1. The maximum absolute atomic E-state index is 11.9. The Morgan fingerprint density at radius 1 is 1.23 bits per heavy atom. The molecule has 0 unspecified atom stereocenters. The normalized spacial score (nSPS) is 10.8. The van der Waals surface area contributed by atoms with E-state index in [2.05, 4.69) is 20.9 Å². The summed E-state index contributed by atoms with van der Waals surface area (Å²) in [6, 6.07) is 8.01. The van der Waals surface area contributed by atoms with E-state index in [1.807, 2.05) is 0 Å². The van der Waals surface area contributed by atoms with E-state index in [9.17, 15) is 25.1 Å². The lowest BCUT2D eigenvalue weighted by Gasteiger charge is -2.10. The van der Waals surface area contributed by atoms with Crippen LogP contribution in [0.15, 0.2) is 45.9 Å². The number of carbonyl (C=O) groups is 1. The number of carbonyl (C=O) groups excluding carboxylic acids is 1. The third-order valence-electron chi connectivity index (χ3n) is 2.72. The molecule has 0 atom stereocenters. The summed E-state index contributed by atoms with van der Waals surface area (Å²) >= 11 is 3.09. The lowest BCUT2D eigenvalue weighted by atomic mass is 10.2. The van der Waals surface area contributed by atoms with E-state index in [1.54, 1.807) is 0 Å². The van der Waals surface area contributed by atoms with Gasteiger partial charge >= 0.3 is 0 Å². The van der Waals surface area contributed by atoms with E-state index in [0.717, 1.165) is 6.07 Å². The number of carboxylic acid groups (broad SMARTS) is 1. The number of aliphatic imine (C=N–C) groups is 1. The van der Waals surface area contributed by atoms with Gasteiger partial charge in [-0.25, -0.2) is 0 Å². The molecule has 2 aromatic rings. The van der Waals surface area contributed by atoms with Gasteiger partial charge in [0.05, 0.1) is 16.6 Å². The molecule has 0 radical (unpaired) electrons. The highest BCUT2D eigenvalue weighted by molar-refractivity contribution is 9.10. The molecule has 0 spiro atoms. The van der Waals surface area contributed by atoms with E-state index in [0.29, 0.717) is 10.2 Å². The van der Waals surface area contributed by atoms with Crippen molar-refractivity contribution in [2.45, 2.75) is 0 Å². The summed E-state index contributed by atoms with van der Waals surface area (Å²) in [5.41, 5.74) is -0.109. The van der Waals surface area contributed by atoms with Crippen LogP contribution in [0, 0.1) is 10.1 Å². The number of carboxylic acids is 1. The van der Waals surface area contributed by atoms with Gasteiger partial charge in [-0.2, -0.15) is 0 Å². The first-order chi connectivity index (χ1) is 10.4. The van der Waals surface area contributed by atoms with Crippen LogP contribution >= 0.6 is 15.9 Å². The SMILES string of the molecule is O=C([O-])c1ccc(N=Cc2cc(Br)cc([N+](=O)[O-])c2[O-])cc1. The Morgan fingerprint density at radius 3 is 2.41 bits per heavy atom. The monoisotopic (exact) mass is 362 g/mol. The average Bonchev–Trinajstić information content (AvgIpc) is 2.47. The van der Waals surface area contributed by atoms with Gasteiger partial charge in [-0.3, -0.25) is 15.1 Å². The van der Waals surface area contributed by atoms with Gasteiger partial charge < -0.3 is 15.0 Å². The number of aromatic carboxylic acids is 1. The molecule has 0 aromatic heterocycles. The number of nitrogens with zero attached hydrogens (tertiary/aromatic N) is 2. The van der Waals surface area contributed by atoms with E-state index in [4.69, 9.17) is 0 Å². The molecule has 112 valence electrons. The standard InChI is InChI=1S/C14H9BrN2O5/c15-10-5-9(13(18)12(6-10)17(21)22)7-16-11-3-1-8(2-4-11)14(19)20/h1-7,18H,(H,19,20)/p-2. The number of benzene rings is 2. The first-order valence-electron chi connectivity index (χ1n) is 5.89. The van der Waals surface area contributed by atoms with Gasteiger partial charge in [-0.05, 0) is 35.1 Å². The molecule has 0 heterocycles. The van der Waals surface area contributed by atoms with Crippen LogP contribution in [0.5, 0.6) is 5.75 Å². The molecule has 0 fully saturated rings. The Kier molecular flexibility index (Phi) is 4.52. The number of hydrogen-bond acceptors (Lipinski definition) is 6. The second kappa shape index (κ2) is 6.35. The van der Waals surface area contributed by atoms with E-state index in [-0.39, 0.29) is 11.1 Å². The fourth-order valence-corrected chi connectivity index (χ4v) is 2.12. The maximum atomic E-state index is 11.9. The van der Waals surface area contributed by atoms with Gasteiger partial charge in [0.1, 0.15) is 0 Å². The van der Waals surface area contributed by atoms with Gasteiger partial charge in [-0.1, -0.05) is 28.1 Å². The maximum Gasteiger partial charge on any atom is 0.263 e. The third-order valence-corrected chi connectivity index (χ3v) is 3.17. The summed E-state index contributed by atoms with van der Waals surface area (Å²) in [5.74, 6) is -2.05. The lowest BCUT2D eigenvalue weighted by molar-refractivity contribution is -0.398. The van der Waals surface area contributed by atoms with Gasteiger partial charge in [-0.15, -0.1) is 0 Å². The van der Waals surface area contributed by atoms with E-state index in [1.165, 1.54) is 36.5 Å². The van der Waals surface area contributed by atoms with Crippen molar-refractivity contribution in [3.05, 3.63) is 62.1 Å². The smallest absolute Gasteiger partial charge is 0.263 e. The predicted octanol–water partition coefficient (Wildman–Crippen LogP) is 1.54. The molecule has 0 amide bonds. The van der Waals surface area contributed by atoms with Gasteiger partial charge in [0.2, 0.25) is 0 Å². The van der Waals surface area contributed by atoms with Crippen molar-refractivity contribution in [3.63, 3.8) is 0 Å². The highest BCUT2D eigenvalue weighted by Gasteiger charge is 2.10. The first kappa shape index (κ1) is 15.6. The van der Waals surface area contributed by atoms with E-state index >= 15 is 0 Å². The fourth-order valence-electron chi connectivity index (χ4n) is 1.66. The number of nitro groups is 1. The summed E-state index contributed by atoms with van der Waals surface area (Å²) < 4.78 is 0.382. The van der Waals surface area contributed by atoms with Crippen molar-refractivity contribution in [3.8, 4) is 5.75 Å². The number of hydrogen-bond donors (Lipinski definition) is 0. The Bertz CT molecular complexity index is 772. The Morgan fingerprint density at radius 2 is 1.86 bits per heavy atom. The van der Waals surface area contributed by atoms with Crippen molar-refractivity contribution in [1.29, 1.82) is 0 Å². The molecule has 2 aromatic carbocycles. The molecule has 2 rings (SSSR count). The number of rotatable bonds is 4. The van der Waals surface area contributed by atoms with Crippen molar-refractivity contribution in [2.24, 2.45) is 4.99 Å². The quantitative estimate of drug-likeness (QED) is 0.464. The zero-order valence-corrected chi connectivity index (χ0v) is 12.4. The van der Waals surface area contributed by atoms with Gasteiger partial charge in [0.15, 0.2) is 0 Å². The number of halogens is 1. The summed E-state index contributed by atoms with van der Waals surface area (Å²) in [6.07, 6.45) is 1.19. The zero-order chi connectivity index (χ0) is 16.3. The van der Waals surface area contributed by atoms with Gasteiger partial charge in [0, 0.05) is 16.8 Å². The third kappa shape index (κ3) is 3.47. The molecule has 0 aliphatic carbocycles. The average molecular weight is 363 g/mol. The largest absolute Gasteiger partial charge is 0.867 e. The molecule has 8 heteroatoms. The lowest BCUT2D eigenvalue weighted by Crippen LogP contribution is -2.21. The van der Waals surface area contributed by atoms with Crippen LogP contribution in [-0.4, -0.2) is 17.1 Å². The predicted molar refractivity (Wildman–Crippen MR) is 78.3 cm³/mol. The molecule has 0 aliphatic rings. The van der Waals surface area contributed by atoms with Crippen LogP contribution in [0.4, 0.5) is 11.4 Å². The minimum absolute atomic E-state index is 0.00144. The first-order valence-corrected chi connectivity index (χ1v) is 6.68. The zero-order valence-electron chi connectivity index (χ0n) is 10.9. The molecular weight excluding hydrogens is 356 g/mol. The fraction of sp³-hybridized carbons (Fsp3) is 0. The Labute approximate surface area is 132 Å². The van der Waals surface area contributed by atoms with Crippen LogP contribution in [0.25, 0.3) is 0 Å². The summed E-state index contributed by atoms with van der Waals surface area (Å²) in [4.78, 5) is 24.6. The van der Waals surface area contributed by atoms with E-state index < -0.39 is 22.3 Å². The summed E-state index contributed by atoms with van der Waals surface area (Å²) in [6.45, 7) is 0. The van der Waals surface area contributed by atoms with Crippen molar-refractivity contribution in [1.82, 2.24) is 0 Å². The van der Waals surface area contributed by atoms with Crippen molar-refractivity contribution in [2.75, 3.05) is 0 Å². The van der Waals surface area contributed by atoms with Crippen LogP contribution in [0.1, 0.15) is 15.9 Å². The van der Waals surface area contributed by atoms with Crippen molar-refractivity contribution < 1.29 is 19.9 Å².